The van der Waals surface area contributed by atoms with Crippen molar-refractivity contribution >= 4 is 45.0 Å². The monoisotopic (exact) mass is 328 g/mol. The number of ether oxygens (including phenoxy) is 1. The highest BCUT2D eigenvalue weighted by atomic mass is 79.9. The van der Waals surface area contributed by atoms with Gasteiger partial charge in [-0.2, -0.15) is 4.98 Å². The molecule has 1 heterocycles. The van der Waals surface area contributed by atoms with Gasteiger partial charge in [0.2, 0.25) is 5.95 Å². The summed E-state index contributed by atoms with van der Waals surface area (Å²) >= 11 is 9.31. The third-order valence-corrected chi connectivity index (χ3v) is 2.87. The molecule has 0 amide bonds. The van der Waals surface area contributed by atoms with Crippen LogP contribution in [0.4, 0.5) is 17.5 Å². The lowest BCUT2D eigenvalue weighted by Gasteiger charge is -2.09. The topological polar surface area (TPSA) is 73.1 Å². The van der Waals surface area contributed by atoms with E-state index in [0.717, 1.165) is 0 Å². The molecule has 94 valence electrons. The van der Waals surface area contributed by atoms with Crippen molar-refractivity contribution in [3.05, 3.63) is 33.9 Å². The lowest BCUT2D eigenvalue weighted by atomic mass is 10.3. The van der Waals surface area contributed by atoms with Gasteiger partial charge < -0.3 is 15.8 Å². The smallest absolute Gasteiger partial charge is 0.230 e. The van der Waals surface area contributed by atoms with E-state index in [1.807, 2.05) is 0 Å². The molecule has 5 nitrogen and oxygen atoms in total. The van der Waals surface area contributed by atoms with E-state index in [4.69, 9.17) is 22.1 Å². The lowest BCUT2D eigenvalue weighted by molar-refractivity contribution is 0.415. The Labute approximate surface area is 117 Å². The molecule has 0 aliphatic rings. The van der Waals surface area contributed by atoms with E-state index in [-0.39, 0.29) is 0 Å². The number of nitrogen functional groups attached to an aromatic ring is 1. The molecule has 0 unspecified atom stereocenters. The molecule has 2 rings (SSSR count). The summed E-state index contributed by atoms with van der Waals surface area (Å²) in [6.07, 6.45) is 0. The van der Waals surface area contributed by atoms with Gasteiger partial charge in [-0.1, -0.05) is 11.6 Å². The number of nitrogens with two attached hydrogens (primary N) is 1. The summed E-state index contributed by atoms with van der Waals surface area (Å²) in [4.78, 5) is 8.19. The summed E-state index contributed by atoms with van der Waals surface area (Å²) in [7, 11) is 1.58. The molecule has 2 aromatic rings. The number of hydrogen-bond donors (Lipinski definition) is 2. The highest BCUT2D eigenvalue weighted by Crippen LogP contribution is 2.28. The van der Waals surface area contributed by atoms with Crippen LogP contribution in [0.2, 0.25) is 5.02 Å². The van der Waals surface area contributed by atoms with E-state index < -0.39 is 0 Å². The van der Waals surface area contributed by atoms with Crippen LogP contribution in [0, 0.1) is 0 Å². The molecule has 0 radical (unpaired) electrons. The van der Waals surface area contributed by atoms with E-state index in [9.17, 15) is 0 Å². The number of anilines is 3. The fourth-order valence-electron chi connectivity index (χ4n) is 1.34. The molecule has 0 aliphatic carbocycles. The van der Waals surface area contributed by atoms with Gasteiger partial charge in [0.05, 0.1) is 17.8 Å². The van der Waals surface area contributed by atoms with Crippen molar-refractivity contribution in [2.45, 2.75) is 0 Å². The summed E-state index contributed by atoms with van der Waals surface area (Å²) in [6, 6.07) is 6.86. The molecule has 7 heteroatoms. The first kappa shape index (κ1) is 12.9. The fraction of sp³-hybridized carbons (Fsp3) is 0.0909. The molecule has 0 saturated heterocycles. The Morgan fingerprint density at radius 1 is 1.33 bits per heavy atom. The normalized spacial score (nSPS) is 10.2. The van der Waals surface area contributed by atoms with Gasteiger partial charge in [-0.3, -0.25) is 0 Å². The van der Waals surface area contributed by atoms with Gasteiger partial charge in [0, 0.05) is 12.1 Å². The van der Waals surface area contributed by atoms with Gasteiger partial charge in [-0.05, 0) is 28.1 Å². The third kappa shape index (κ3) is 3.02. The van der Waals surface area contributed by atoms with Crippen LogP contribution in [0.1, 0.15) is 0 Å². The van der Waals surface area contributed by atoms with Crippen molar-refractivity contribution < 1.29 is 4.74 Å². The van der Waals surface area contributed by atoms with Crippen LogP contribution in [-0.4, -0.2) is 17.1 Å². The summed E-state index contributed by atoms with van der Waals surface area (Å²) in [5.41, 5.74) is 6.28. The number of nitrogens with zero attached hydrogens (tertiary/aromatic N) is 2. The van der Waals surface area contributed by atoms with Crippen molar-refractivity contribution in [3.63, 3.8) is 0 Å². The van der Waals surface area contributed by atoms with Crippen molar-refractivity contribution in [2.24, 2.45) is 0 Å². The van der Waals surface area contributed by atoms with Crippen molar-refractivity contribution in [1.82, 2.24) is 9.97 Å². The molecular formula is C11H10BrClN4O. The van der Waals surface area contributed by atoms with Gasteiger partial charge in [-0.25, -0.2) is 4.98 Å². The molecule has 0 aliphatic heterocycles. The average molecular weight is 330 g/mol. The number of halogens is 2. The first-order chi connectivity index (χ1) is 8.58. The third-order valence-electron chi connectivity index (χ3n) is 2.13. The quantitative estimate of drug-likeness (QED) is 0.846. The predicted molar refractivity (Wildman–Crippen MR) is 75.4 cm³/mol. The number of hydrogen-bond acceptors (Lipinski definition) is 5. The van der Waals surface area contributed by atoms with Crippen LogP contribution in [0.3, 0.4) is 0 Å². The maximum absolute atomic E-state index is 6.07. The van der Waals surface area contributed by atoms with Crippen molar-refractivity contribution in [3.8, 4) is 5.75 Å². The molecule has 0 saturated carbocycles. The Kier molecular flexibility index (Phi) is 3.88. The summed E-state index contributed by atoms with van der Waals surface area (Å²) in [6.45, 7) is 0. The number of benzene rings is 1. The van der Waals surface area contributed by atoms with Crippen LogP contribution in [0.25, 0.3) is 0 Å². The highest BCUT2D eigenvalue weighted by Gasteiger charge is 2.06. The fourth-order valence-corrected chi connectivity index (χ4v) is 1.91. The second kappa shape index (κ2) is 5.41. The summed E-state index contributed by atoms with van der Waals surface area (Å²) < 4.78 is 5.72. The molecule has 1 aromatic carbocycles. The second-order valence-corrected chi connectivity index (χ2v) is 4.63. The molecule has 0 atom stereocenters. The van der Waals surface area contributed by atoms with E-state index in [2.05, 4.69) is 31.2 Å². The largest absolute Gasteiger partial charge is 0.497 e. The Morgan fingerprint density at radius 3 is 2.78 bits per heavy atom. The lowest BCUT2D eigenvalue weighted by Crippen LogP contribution is -2.01. The molecule has 0 bridgehead atoms. The van der Waals surface area contributed by atoms with Gasteiger partial charge in [-0.15, -0.1) is 0 Å². The van der Waals surface area contributed by atoms with E-state index in [0.29, 0.717) is 32.8 Å². The Bertz CT molecular complexity index is 559. The zero-order chi connectivity index (χ0) is 13.1. The molecule has 1 aromatic heterocycles. The molecule has 3 N–H and O–H groups in total. The minimum Gasteiger partial charge on any atom is -0.497 e. The van der Waals surface area contributed by atoms with Gasteiger partial charge in [0.1, 0.15) is 16.2 Å². The van der Waals surface area contributed by atoms with Gasteiger partial charge >= 0.3 is 0 Å². The predicted octanol–water partition coefficient (Wildman–Crippen LogP) is 3.23. The van der Waals surface area contributed by atoms with E-state index in [1.54, 1.807) is 31.4 Å². The van der Waals surface area contributed by atoms with E-state index in [1.165, 1.54) is 0 Å². The first-order valence-corrected chi connectivity index (χ1v) is 6.16. The molecular weight excluding hydrogens is 320 g/mol. The summed E-state index contributed by atoms with van der Waals surface area (Å²) in [5, 5.41) is 3.52. The Hall–Kier alpha value is -1.53. The zero-order valence-electron chi connectivity index (χ0n) is 9.45. The van der Waals surface area contributed by atoms with E-state index >= 15 is 0 Å². The SMILES string of the molecule is COc1ccc(Cl)c(Nc2nc(N)cc(Br)n2)c1. The minimum absolute atomic E-state index is 0.358. The van der Waals surface area contributed by atoms with Crippen LogP contribution in [-0.2, 0) is 0 Å². The van der Waals surface area contributed by atoms with Crippen LogP contribution >= 0.6 is 27.5 Å². The van der Waals surface area contributed by atoms with Crippen LogP contribution in [0.5, 0.6) is 5.75 Å². The number of rotatable bonds is 3. The number of nitrogens with one attached hydrogen (secondary N) is 1. The Balaban J connectivity index is 2.33. The molecule has 0 fully saturated rings. The highest BCUT2D eigenvalue weighted by molar-refractivity contribution is 9.10. The minimum atomic E-state index is 0.358. The molecule has 0 spiro atoms. The van der Waals surface area contributed by atoms with Crippen LogP contribution in [0.15, 0.2) is 28.9 Å². The maximum Gasteiger partial charge on any atom is 0.230 e. The second-order valence-electron chi connectivity index (χ2n) is 3.41. The average Bonchev–Trinajstić information content (AvgIpc) is 2.30. The first-order valence-electron chi connectivity index (χ1n) is 4.99. The molecule has 18 heavy (non-hydrogen) atoms. The number of aromatic nitrogens is 2. The van der Waals surface area contributed by atoms with Crippen LogP contribution < -0.4 is 15.8 Å². The van der Waals surface area contributed by atoms with Crippen molar-refractivity contribution in [1.29, 1.82) is 0 Å². The zero-order valence-corrected chi connectivity index (χ0v) is 11.8. The maximum atomic E-state index is 6.07. The van der Waals surface area contributed by atoms with Crippen molar-refractivity contribution in [2.75, 3.05) is 18.2 Å². The number of methoxy groups -OCH3 is 1. The summed E-state index contributed by atoms with van der Waals surface area (Å²) in [5.74, 6) is 1.40. The van der Waals surface area contributed by atoms with Gasteiger partial charge in [0.25, 0.3) is 0 Å². The van der Waals surface area contributed by atoms with Gasteiger partial charge in [0.15, 0.2) is 0 Å². The Morgan fingerprint density at radius 2 is 2.11 bits per heavy atom. The standard InChI is InChI=1S/C11H10BrClN4O/c1-18-6-2-3-7(13)8(4-6)15-11-16-9(12)5-10(14)17-11/h2-5H,1H3,(H3,14,15,16,17).